The first-order chi connectivity index (χ1) is 33.7. The zero-order valence-electron chi connectivity index (χ0n) is 36.9. The molecular formula is C65H40N2O. The lowest BCUT2D eigenvalue weighted by molar-refractivity contribution is 0.670. The molecule has 14 rings (SSSR count). The molecular weight excluding hydrogens is 825 g/mol. The Morgan fingerprint density at radius 1 is 0.279 bits per heavy atom. The zero-order valence-corrected chi connectivity index (χ0v) is 36.9. The van der Waals surface area contributed by atoms with Gasteiger partial charge in [-0.3, -0.25) is 0 Å². The molecule has 3 heteroatoms. The minimum atomic E-state index is -0.636. The predicted octanol–water partition coefficient (Wildman–Crippen LogP) is 16.7. The van der Waals surface area contributed by atoms with Crippen LogP contribution in [0.2, 0.25) is 0 Å². The Balaban J connectivity index is 1.07. The van der Waals surface area contributed by atoms with Gasteiger partial charge in [0.05, 0.1) is 16.8 Å². The lowest BCUT2D eigenvalue weighted by Crippen LogP contribution is -2.29. The maximum Gasteiger partial charge on any atom is 0.160 e. The van der Waals surface area contributed by atoms with Crippen LogP contribution in [-0.4, -0.2) is 9.97 Å². The average molecular weight is 865 g/mol. The van der Waals surface area contributed by atoms with Gasteiger partial charge in [0.2, 0.25) is 0 Å². The van der Waals surface area contributed by atoms with E-state index in [1.165, 1.54) is 55.6 Å². The maximum absolute atomic E-state index is 6.71. The second kappa shape index (κ2) is 15.1. The third kappa shape index (κ3) is 5.72. The maximum atomic E-state index is 6.71. The fraction of sp³-hybridized carbons (Fsp3) is 0.0154. The molecule has 0 atom stereocenters. The summed E-state index contributed by atoms with van der Waals surface area (Å²) in [7, 11) is 0. The number of hydrogen-bond donors (Lipinski definition) is 0. The van der Waals surface area contributed by atoms with Crippen molar-refractivity contribution in [1.29, 1.82) is 0 Å². The van der Waals surface area contributed by atoms with E-state index in [1.807, 2.05) is 12.1 Å². The van der Waals surface area contributed by atoms with Crippen molar-refractivity contribution >= 4 is 21.9 Å². The molecule has 12 aromatic rings. The van der Waals surface area contributed by atoms with Crippen molar-refractivity contribution in [1.82, 2.24) is 9.97 Å². The summed E-state index contributed by atoms with van der Waals surface area (Å²) in [5.74, 6) is 0.639. The van der Waals surface area contributed by atoms with Gasteiger partial charge in [-0.25, -0.2) is 9.97 Å². The number of fused-ring (bicyclic) bond motifs is 15. The van der Waals surface area contributed by atoms with E-state index in [0.29, 0.717) is 5.82 Å². The highest BCUT2D eigenvalue weighted by Gasteiger charge is 2.49. The number of aromatic nitrogens is 2. The number of para-hydroxylation sites is 2. The summed E-state index contributed by atoms with van der Waals surface area (Å²) in [4.78, 5) is 11.2. The first kappa shape index (κ1) is 38.4. The summed E-state index contributed by atoms with van der Waals surface area (Å²) in [6.07, 6.45) is 0. The highest BCUT2D eigenvalue weighted by Crippen LogP contribution is 2.61. The zero-order chi connectivity index (χ0) is 44.8. The molecule has 2 aliphatic carbocycles. The van der Waals surface area contributed by atoms with Crippen molar-refractivity contribution in [3.63, 3.8) is 0 Å². The van der Waals surface area contributed by atoms with Gasteiger partial charge in [-0.1, -0.05) is 200 Å². The van der Waals surface area contributed by atoms with Crippen LogP contribution in [0.5, 0.6) is 0 Å². The Bertz CT molecular complexity index is 3870. The van der Waals surface area contributed by atoms with Crippen LogP contribution in [0.25, 0.3) is 111 Å². The first-order valence-electron chi connectivity index (χ1n) is 23.3. The molecule has 2 aromatic heterocycles. The van der Waals surface area contributed by atoms with E-state index in [2.05, 4.69) is 231 Å². The monoisotopic (exact) mass is 864 g/mol. The van der Waals surface area contributed by atoms with Gasteiger partial charge in [-0.2, -0.15) is 0 Å². The number of rotatable bonds is 5. The molecule has 316 valence electrons. The van der Waals surface area contributed by atoms with Crippen molar-refractivity contribution in [3.05, 3.63) is 265 Å². The van der Waals surface area contributed by atoms with Gasteiger partial charge in [-0.05, 0) is 120 Å². The molecule has 0 bridgehead atoms. The van der Waals surface area contributed by atoms with Crippen molar-refractivity contribution in [3.8, 4) is 89.5 Å². The second-order valence-electron chi connectivity index (χ2n) is 18.0. The number of benzene rings is 10. The van der Waals surface area contributed by atoms with Crippen LogP contribution >= 0.6 is 0 Å². The van der Waals surface area contributed by atoms with Crippen LogP contribution < -0.4 is 0 Å². The van der Waals surface area contributed by atoms with Crippen LogP contribution in [0.3, 0.4) is 0 Å². The fourth-order valence-corrected chi connectivity index (χ4v) is 11.4. The van der Waals surface area contributed by atoms with Crippen molar-refractivity contribution in [2.24, 2.45) is 0 Å². The molecule has 68 heavy (non-hydrogen) atoms. The molecule has 0 N–H and O–H groups in total. The summed E-state index contributed by atoms with van der Waals surface area (Å²) in [5, 5.41) is 2.13. The Morgan fingerprint density at radius 3 is 1.38 bits per heavy atom. The lowest BCUT2D eigenvalue weighted by atomic mass is 9.65. The van der Waals surface area contributed by atoms with E-state index in [0.717, 1.165) is 72.3 Å². The van der Waals surface area contributed by atoms with Crippen molar-refractivity contribution in [2.75, 3.05) is 0 Å². The SMILES string of the molecule is c1ccc(-c2cc(-c3ccccc3)cc(-c3cc(-c4cccc5c4oc4ccccc45)nc(-c4ccc5c(c4)C4(c6ccccc6-c6ccccc6-5)c5ccccc5-c5ccccc54)n3)c2)cc1. The average Bonchev–Trinajstić information content (AvgIpc) is 3.92. The van der Waals surface area contributed by atoms with Crippen LogP contribution in [0.4, 0.5) is 0 Å². The molecule has 0 aliphatic heterocycles. The Morgan fingerprint density at radius 2 is 0.750 bits per heavy atom. The van der Waals surface area contributed by atoms with Crippen LogP contribution in [-0.2, 0) is 5.41 Å². The van der Waals surface area contributed by atoms with Crippen LogP contribution in [0.15, 0.2) is 247 Å². The molecule has 2 heterocycles. The van der Waals surface area contributed by atoms with E-state index in [-0.39, 0.29) is 0 Å². The third-order valence-electron chi connectivity index (χ3n) is 14.3. The van der Waals surface area contributed by atoms with Gasteiger partial charge in [-0.15, -0.1) is 0 Å². The molecule has 0 fully saturated rings. The largest absolute Gasteiger partial charge is 0.455 e. The van der Waals surface area contributed by atoms with Gasteiger partial charge in [0.25, 0.3) is 0 Å². The molecule has 0 amide bonds. The minimum Gasteiger partial charge on any atom is -0.455 e. The summed E-state index contributed by atoms with van der Waals surface area (Å²) in [5.41, 5.74) is 22.4. The second-order valence-corrected chi connectivity index (χ2v) is 18.0. The van der Waals surface area contributed by atoms with Gasteiger partial charge in [0.15, 0.2) is 5.82 Å². The van der Waals surface area contributed by atoms with Gasteiger partial charge in [0, 0.05) is 27.5 Å². The summed E-state index contributed by atoms with van der Waals surface area (Å²) in [6, 6.07) is 87.7. The molecule has 0 saturated carbocycles. The Hall–Kier alpha value is -8.92. The standard InChI is InChI=1S/C65H40N2O/c1-3-18-41(19-4-1)44-36-45(42-20-5-2-6-21-42)38-46(37-44)60-40-61(55-29-17-28-54-53-27-12-16-33-62(53)68-63(54)55)67-64(66-60)43-34-35-52-48-23-8-7-22-47(48)49-24-9-13-30-56(49)65(59(52)39-43)57-31-14-10-25-50(57)51-26-11-15-32-58(51)65/h1-40H. The molecule has 1 spiro atoms. The van der Waals surface area contributed by atoms with E-state index in [1.54, 1.807) is 0 Å². The molecule has 3 nitrogen and oxygen atoms in total. The predicted molar refractivity (Wildman–Crippen MR) is 278 cm³/mol. The number of nitrogens with zero attached hydrogens (tertiary/aromatic N) is 2. The quantitative estimate of drug-likeness (QED) is 0.173. The lowest BCUT2D eigenvalue weighted by Gasteiger charge is -2.35. The molecule has 10 aromatic carbocycles. The molecule has 0 radical (unpaired) electrons. The Labute approximate surface area is 394 Å². The number of hydrogen-bond acceptors (Lipinski definition) is 3. The van der Waals surface area contributed by atoms with Gasteiger partial charge >= 0.3 is 0 Å². The van der Waals surface area contributed by atoms with Crippen LogP contribution in [0.1, 0.15) is 22.3 Å². The highest BCUT2D eigenvalue weighted by molar-refractivity contribution is 6.09. The van der Waals surface area contributed by atoms with E-state index < -0.39 is 5.41 Å². The van der Waals surface area contributed by atoms with Crippen molar-refractivity contribution < 1.29 is 4.42 Å². The van der Waals surface area contributed by atoms with E-state index in [9.17, 15) is 0 Å². The fourth-order valence-electron chi connectivity index (χ4n) is 11.4. The summed E-state index contributed by atoms with van der Waals surface area (Å²) in [6.45, 7) is 0. The number of furan rings is 1. The van der Waals surface area contributed by atoms with E-state index >= 15 is 0 Å². The third-order valence-corrected chi connectivity index (χ3v) is 14.3. The van der Waals surface area contributed by atoms with Gasteiger partial charge in [0.1, 0.15) is 11.2 Å². The highest BCUT2D eigenvalue weighted by atomic mass is 16.3. The summed E-state index contributed by atoms with van der Waals surface area (Å²) >= 11 is 0. The topological polar surface area (TPSA) is 38.9 Å². The van der Waals surface area contributed by atoms with Crippen molar-refractivity contribution in [2.45, 2.75) is 5.41 Å². The molecule has 0 unspecified atom stereocenters. The Kier molecular flexibility index (Phi) is 8.50. The van der Waals surface area contributed by atoms with E-state index in [4.69, 9.17) is 14.4 Å². The summed E-state index contributed by atoms with van der Waals surface area (Å²) < 4.78 is 6.71. The van der Waals surface area contributed by atoms with Crippen LogP contribution in [0, 0.1) is 0 Å². The normalized spacial score (nSPS) is 12.8. The minimum absolute atomic E-state index is 0.636. The molecule has 2 aliphatic rings. The first-order valence-corrected chi connectivity index (χ1v) is 23.3. The molecule has 0 saturated heterocycles. The smallest absolute Gasteiger partial charge is 0.160 e. The van der Waals surface area contributed by atoms with Gasteiger partial charge < -0.3 is 4.42 Å².